The van der Waals surface area contributed by atoms with E-state index in [4.69, 9.17) is 0 Å². The number of carbonyl (C=O) groups excluding carboxylic acids is 1. The van der Waals surface area contributed by atoms with Crippen LogP contribution in [0.4, 0.5) is 5.13 Å². The van der Waals surface area contributed by atoms with Crippen LogP contribution in [-0.2, 0) is 18.9 Å². The first-order valence-corrected chi connectivity index (χ1v) is 10.9. The van der Waals surface area contributed by atoms with Crippen LogP contribution in [0, 0.1) is 13.8 Å². The summed E-state index contributed by atoms with van der Waals surface area (Å²) < 4.78 is 3.40. The van der Waals surface area contributed by atoms with E-state index in [1.807, 2.05) is 32.0 Å². The van der Waals surface area contributed by atoms with Crippen LogP contribution in [0.5, 0.6) is 0 Å². The molecule has 10 heteroatoms. The Morgan fingerprint density at radius 2 is 1.97 bits per heavy atom. The third-order valence-electron chi connectivity index (χ3n) is 4.74. The summed E-state index contributed by atoms with van der Waals surface area (Å²) in [7, 11) is 3.00. The van der Waals surface area contributed by atoms with E-state index in [2.05, 4.69) is 15.3 Å². The molecule has 154 valence electrons. The second-order valence-corrected chi connectivity index (χ2v) is 9.02. The minimum Gasteiger partial charge on any atom is -0.301 e. The first-order chi connectivity index (χ1) is 14.3. The Kier molecular flexibility index (Phi) is 5.20. The van der Waals surface area contributed by atoms with Gasteiger partial charge >= 0.3 is 5.69 Å². The van der Waals surface area contributed by atoms with Crippen LogP contribution in [0.2, 0.25) is 0 Å². The number of hydrogen-bond donors (Lipinski definition) is 1. The molecule has 0 aliphatic carbocycles. The molecule has 0 radical (unpaired) electrons. The molecular weight excluding hydrogens is 422 g/mol. The van der Waals surface area contributed by atoms with E-state index in [0.29, 0.717) is 21.1 Å². The van der Waals surface area contributed by atoms with Crippen molar-refractivity contribution in [2.24, 2.45) is 14.1 Å². The van der Waals surface area contributed by atoms with E-state index in [0.717, 1.165) is 25.9 Å². The predicted octanol–water partition coefficient (Wildman–Crippen LogP) is 2.59. The fourth-order valence-corrected chi connectivity index (χ4v) is 5.09. The Balaban J connectivity index is 1.61. The molecule has 1 N–H and O–H groups in total. The number of nitrogens with one attached hydrogen (secondary N) is 1. The van der Waals surface area contributed by atoms with E-state index in [9.17, 15) is 14.4 Å². The highest BCUT2D eigenvalue weighted by Crippen LogP contribution is 2.29. The third kappa shape index (κ3) is 3.52. The second kappa shape index (κ2) is 7.69. The minimum absolute atomic E-state index is 0.0981. The molecule has 1 aromatic carbocycles. The quantitative estimate of drug-likeness (QED) is 0.489. The van der Waals surface area contributed by atoms with E-state index in [-0.39, 0.29) is 11.7 Å². The van der Waals surface area contributed by atoms with Crippen LogP contribution in [0.1, 0.15) is 11.1 Å². The molecule has 0 unspecified atom stereocenters. The molecular formula is C20H19N5O3S2. The minimum atomic E-state index is -0.441. The van der Waals surface area contributed by atoms with Crippen LogP contribution in [0.25, 0.3) is 21.3 Å². The van der Waals surface area contributed by atoms with Gasteiger partial charge in [-0.25, -0.2) is 14.8 Å². The number of benzene rings is 1. The summed E-state index contributed by atoms with van der Waals surface area (Å²) in [5.74, 6) is -0.122. The van der Waals surface area contributed by atoms with E-state index in [1.54, 1.807) is 13.2 Å². The fraction of sp³-hybridized carbons (Fsp3) is 0.250. The first kappa shape index (κ1) is 20.3. The van der Waals surface area contributed by atoms with Crippen molar-refractivity contribution in [3.8, 4) is 0 Å². The van der Waals surface area contributed by atoms with Gasteiger partial charge in [0.15, 0.2) is 5.13 Å². The number of aryl methyl sites for hydroxylation is 3. The molecule has 8 nitrogen and oxygen atoms in total. The number of hydrogen-bond acceptors (Lipinski definition) is 7. The average molecular weight is 442 g/mol. The van der Waals surface area contributed by atoms with Gasteiger partial charge in [0.05, 0.1) is 21.4 Å². The molecule has 30 heavy (non-hydrogen) atoms. The lowest BCUT2D eigenvalue weighted by atomic mass is 10.2. The lowest BCUT2D eigenvalue weighted by molar-refractivity contribution is -0.113. The maximum atomic E-state index is 12.7. The molecule has 0 aliphatic heterocycles. The van der Waals surface area contributed by atoms with E-state index >= 15 is 0 Å². The maximum absolute atomic E-state index is 12.7. The molecule has 0 saturated carbocycles. The summed E-state index contributed by atoms with van der Waals surface area (Å²) in [4.78, 5) is 46.8. The normalized spacial score (nSPS) is 11.3. The number of fused-ring (bicyclic) bond motifs is 2. The molecule has 3 aromatic heterocycles. The van der Waals surface area contributed by atoms with Gasteiger partial charge in [-0.3, -0.25) is 18.7 Å². The Bertz CT molecular complexity index is 1430. The molecule has 0 fully saturated rings. The van der Waals surface area contributed by atoms with Gasteiger partial charge in [-0.2, -0.15) is 0 Å². The highest BCUT2D eigenvalue weighted by molar-refractivity contribution is 8.00. The van der Waals surface area contributed by atoms with Crippen molar-refractivity contribution < 1.29 is 4.79 Å². The highest BCUT2D eigenvalue weighted by atomic mass is 32.2. The summed E-state index contributed by atoms with van der Waals surface area (Å²) in [5, 5.41) is 3.71. The van der Waals surface area contributed by atoms with Gasteiger partial charge < -0.3 is 5.32 Å². The lowest BCUT2D eigenvalue weighted by Gasteiger charge is -2.12. The van der Waals surface area contributed by atoms with Gasteiger partial charge in [-0.1, -0.05) is 17.4 Å². The number of aromatic nitrogens is 4. The summed E-state index contributed by atoms with van der Waals surface area (Å²) in [5.41, 5.74) is 2.19. The number of thiazole rings is 1. The van der Waals surface area contributed by atoms with Crippen molar-refractivity contribution >= 4 is 55.4 Å². The van der Waals surface area contributed by atoms with Crippen LogP contribution in [-0.4, -0.2) is 30.8 Å². The maximum Gasteiger partial charge on any atom is 0.332 e. The molecule has 0 bridgehead atoms. The summed E-state index contributed by atoms with van der Waals surface area (Å²) in [6.45, 7) is 3.84. The molecule has 0 saturated heterocycles. The van der Waals surface area contributed by atoms with Crippen LogP contribution >= 0.6 is 23.1 Å². The van der Waals surface area contributed by atoms with Crippen molar-refractivity contribution in [2.45, 2.75) is 18.7 Å². The van der Waals surface area contributed by atoms with Gasteiger partial charge in [0.25, 0.3) is 5.56 Å². The molecule has 4 rings (SSSR count). The summed E-state index contributed by atoms with van der Waals surface area (Å²) in [6.07, 6.45) is 1.61. The third-order valence-corrected chi connectivity index (χ3v) is 6.89. The zero-order valence-corrected chi connectivity index (χ0v) is 18.5. The molecule has 4 aromatic rings. The zero-order valence-electron chi connectivity index (χ0n) is 16.8. The zero-order chi connectivity index (χ0) is 21.6. The van der Waals surface area contributed by atoms with Crippen molar-refractivity contribution in [1.29, 1.82) is 0 Å². The SMILES string of the molecule is Cc1ccc2nc(NC(=O)CSc3c(C)cnc4c3c(=O)n(C)c(=O)n4C)sc2c1. The van der Waals surface area contributed by atoms with Crippen molar-refractivity contribution in [3.05, 3.63) is 56.4 Å². The van der Waals surface area contributed by atoms with Gasteiger partial charge in [0, 0.05) is 25.2 Å². The van der Waals surface area contributed by atoms with E-state index < -0.39 is 11.2 Å². The van der Waals surface area contributed by atoms with Gasteiger partial charge in [0.1, 0.15) is 5.65 Å². The topological polar surface area (TPSA) is 98.9 Å². The predicted molar refractivity (Wildman–Crippen MR) is 121 cm³/mol. The number of carbonyl (C=O) groups is 1. The van der Waals surface area contributed by atoms with Gasteiger partial charge in [-0.05, 0) is 37.1 Å². The Labute approximate surface area is 179 Å². The second-order valence-electron chi connectivity index (χ2n) is 7.00. The lowest BCUT2D eigenvalue weighted by Crippen LogP contribution is -2.37. The van der Waals surface area contributed by atoms with Crippen molar-refractivity contribution in [3.63, 3.8) is 0 Å². The van der Waals surface area contributed by atoms with Crippen LogP contribution in [0.3, 0.4) is 0 Å². The molecule has 0 atom stereocenters. The summed E-state index contributed by atoms with van der Waals surface area (Å²) in [6, 6.07) is 5.94. The van der Waals surface area contributed by atoms with Crippen LogP contribution < -0.4 is 16.6 Å². The molecule has 1 amide bonds. The van der Waals surface area contributed by atoms with Crippen molar-refractivity contribution in [1.82, 2.24) is 19.1 Å². The van der Waals surface area contributed by atoms with Gasteiger partial charge in [-0.15, -0.1) is 11.8 Å². The number of pyridine rings is 1. The Morgan fingerprint density at radius 1 is 1.20 bits per heavy atom. The fourth-order valence-electron chi connectivity index (χ4n) is 3.16. The monoisotopic (exact) mass is 441 g/mol. The van der Waals surface area contributed by atoms with E-state index in [1.165, 1.54) is 34.7 Å². The molecule has 3 heterocycles. The largest absolute Gasteiger partial charge is 0.332 e. The van der Waals surface area contributed by atoms with Crippen LogP contribution in [0.15, 0.2) is 38.9 Å². The molecule has 0 spiro atoms. The number of amides is 1. The van der Waals surface area contributed by atoms with Gasteiger partial charge in [0.2, 0.25) is 5.91 Å². The number of thioether (sulfide) groups is 1. The van der Waals surface area contributed by atoms with Crippen molar-refractivity contribution in [2.75, 3.05) is 11.1 Å². The smallest absolute Gasteiger partial charge is 0.301 e. The average Bonchev–Trinajstić information content (AvgIpc) is 3.10. The number of rotatable bonds is 4. The molecule has 0 aliphatic rings. The standard InChI is InChI=1S/C20H19N5O3S2/c1-10-5-6-12-13(7-10)30-19(22-12)23-14(26)9-29-16-11(2)8-21-17-15(16)18(27)25(4)20(28)24(17)3/h5-8H,9H2,1-4H3,(H,22,23,26). The number of nitrogens with zero attached hydrogens (tertiary/aromatic N) is 4. The highest BCUT2D eigenvalue weighted by Gasteiger charge is 2.17. The Morgan fingerprint density at radius 3 is 2.73 bits per heavy atom. The first-order valence-electron chi connectivity index (χ1n) is 9.11. The Hall–Kier alpha value is -2.98. The number of anilines is 1. The summed E-state index contributed by atoms with van der Waals surface area (Å²) >= 11 is 2.67.